The zero-order chi connectivity index (χ0) is 19.9. The lowest BCUT2D eigenvalue weighted by Gasteiger charge is -2.09. The highest BCUT2D eigenvalue weighted by atomic mass is 16.2. The van der Waals surface area contributed by atoms with Crippen molar-refractivity contribution in [2.75, 3.05) is 27.2 Å². The number of nitrogens with zero attached hydrogens (tertiary/aromatic N) is 4. The molecule has 28 heavy (non-hydrogen) atoms. The molecule has 3 aromatic heterocycles. The van der Waals surface area contributed by atoms with Crippen LogP contribution in [0.5, 0.6) is 0 Å². The molecule has 0 aromatic carbocycles. The number of carbonyl (C=O) groups is 2. The van der Waals surface area contributed by atoms with Crippen molar-refractivity contribution in [3.05, 3.63) is 66.0 Å². The molecule has 0 saturated carbocycles. The van der Waals surface area contributed by atoms with Crippen molar-refractivity contribution < 1.29 is 9.59 Å². The quantitative estimate of drug-likeness (QED) is 0.576. The number of hydrogen-bond donors (Lipinski definition) is 2. The second-order valence-electron chi connectivity index (χ2n) is 6.70. The van der Waals surface area contributed by atoms with Crippen molar-refractivity contribution in [1.82, 2.24) is 29.9 Å². The molecule has 3 rings (SSSR count). The Kier molecular flexibility index (Phi) is 6.33. The highest BCUT2D eigenvalue weighted by Gasteiger charge is 2.21. The predicted octanol–water partition coefficient (Wildman–Crippen LogP) is 1.34. The number of imidazole rings is 1. The molecule has 0 saturated heterocycles. The molecule has 0 atom stereocenters. The van der Waals surface area contributed by atoms with E-state index in [0.717, 1.165) is 18.5 Å². The smallest absolute Gasteiger partial charge is 0.287 e. The molecule has 3 heterocycles. The summed E-state index contributed by atoms with van der Waals surface area (Å²) in [5, 5.41) is 5.70. The van der Waals surface area contributed by atoms with Crippen LogP contribution in [-0.2, 0) is 6.54 Å². The van der Waals surface area contributed by atoms with Gasteiger partial charge >= 0.3 is 0 Å². The molecule has 0 spiro atoms. The normalized spacial score (nSPS) is 11.0. The maximum atomic E-state index is 12.7. The van der Waals surface area contributed by atoms with E-state index in [1.807, 2.05) is 32.3 Å². The van der Waals surface area contributed by atoms with Gasteiger partial charge in [-0.05, 0) is 50.8 Å². The zero-order valence-electron chi connectivity index (χ0n) is 16.1. The molecule has 0 aliphatic carbocycles. The molecule has 8 heteroatoms. The van der Waals surface area contributed by atoms with Crippen LogP contribution in [0, 0.1) is 0 Å². The SMILES string of the molecule is CN(C)CCCNC(=O)c1nc(C(=O)NCc2cccnc2)c2ccccn12. The van der Waals surface area contributed by atoms with Crippen LogP contribution in [0.4, 0.5) is 0 Å². The lowest BCUT2D eigenvalue weighted by molar-refractivity contribution is 0.0941. The number of fused-ring (bicyclic) bond motifs is 1. The summed E-state index contributed by atoms with van der Waals surface area (Å²) in [5.41, 5.74) is 1.70. The topological polar surface area (TPSA) is 91.6 Å². The third kappa shape index (κ3) is 4.72. The first-order chi connectivity index (χ1) is 13.6. The minimum Gasteiger partial charge on any atom is -0.349 e. The molecular weight excluding hydrogens is 356 g/mol. The summed E-state index contributed by atoms with van der Waals surface area (Å²) in [4.78, 5) is 35.6. The molecule has 3 aromatic rings. The van der Waals surface area contributed by atoms with Gasteiger partial charge < -0.3 is 15.5 Å². The minimum absolute atomic E-state index is 0.201. The van der Waals surface area contributed by atoms with Gasteiger partial charge in [0, 0.05) is 31.7 Å². The number of rotatable bonds is 8. The Morgan fingerprint density at radius 2 is 1.96 bits per heavy atom. The number of aromatic nitrogens is 3. The van der Waals surface area contributed by atoms with Gasteiger partial charge in [0.25, 0.3) is 11.8 Å². The van der Waals surface area contributed by atoms with E-state index in [4.69, 9.17) is 0 Å². The van der Waals surface area contributed by atoms with E-state index in [1.54, 1.807) is 35.1 Å². The minimum atomic E-state index is -0.334. The Labute approximate surface area is 163 Å². The Morgan fingerprint density at radius 3 is 2.71 bits per heavy atom. The fourth-order valence-electron chi connectivity index (χ4n) is 2.81. The van der Waals surface area contributed by atoms with Crippen LogP contribution in [0.3, 0.4) is 0 Å². The van der Waals surface area contributed by atoms with Gasteiger partial charge in [-0.2, -0.15) is 0 Å². The van der Waals surface area contributed by atoms with Gasteiger partial charge in [0.15, 0.2) is 5.69 Å². The fraction of sp³-hybridized carbons (Fsp3) is 0.300. The first-order valence-corrected chi connectivity index (χ1v) is 9.13. The van der Waals surface area contributed by atoms with Crippen LogP contribution in [0.15, 0.2) is 48.9 Å². The summed E-state index contributed by atoms with van der Waals surface area (Å²) in [5.74, 6) is -0.433. The highest BCUT2D eigenvalue weighted by Crippen LogP contribution is 2.13. The van der Waals surface area contributed by atoms with Gasteiger partial charge in [0.05, 0.1) is 5.52 Å². The molecule has 8 nitrogen and oxygen atoms in total. The molecule has 2 N–H and O–H groups in total. The lowest BCUT2D eigenvalue weighted by atomic mass is 10.2. The van der Waals surface area contributed by atoms with Gasteiger partial charge in [-0.1, -0.05) is 12.1 Å². The number of nitrogens with one attached hydrogen (secondary N) is 2. The second-order valence-corrected chi connectivity index (χ2v) is 6.70. The Hall–Kier alpha value is -3.26. The average Bonchev–Trinajstić information content (AvgIpc) is 3.10. The summed E-state index contributed by atoms with van der Waals surface area (Å²) in [6.45, 7) is 1.76. The van der Waals surface area contributed by atoms with Gasteiger partial charge in [0.2, 0.25) is 5.82 Å². The summed E-state index contributed by atoms with van der Waals surface area (Å²) in [6.07, 6.45) is 5.94. The first kappa shape index (κ1) is 19.5. The van der Waals surface area contributed by atoms with Crippen molar-refractivity contribution in [3.8, 4) is 0 Å². The van der Waals surface area contributed by atoms with E-state index < -0.39 is 0 Å². The summed E-state index contributed by atoms with van der Waals surface area (Å²) >= 11 is 0. The van der Waals surface area contributed by atoms with Gasteiger partial charge in [0.1, 0.15) is 0 Å². The van der Waals surface area contributed by atoms with E-state index in [0.29, 0.717) is 18.6 Å². The van der Waals surface area contributed by atoms with E-state index in [1.165, 1.54) is 0 Å². The van der Waals surface area contributed by atoms with Gasteiger partial charge in [-0.15, -0.1) is 0 Å². The van der Waals surface area contributed by atoms with E-state index in [9.17, 15) is 9.59 Å². The fourth-order valence-corrected chi connectivity index (χ4v) is 2.81. The molecule has 146 valence electrons. The number of amides is 2. The Bertz CT molecular complexity index is 952. The van der Waals surface area contributed by atoms with E-state index >= 15 is 0 Å². The molecule has 0 bridgehead atoms. The van der Waals surface area contributed by atoms with Crippen LogP contribution in [0.25, 0.3) is 5.52 Å². The maximum absolute atomic E-state index is 12.7. The summed E-state index contributed by atoms with van der Waals surface area (Å²) in [7, 11) is 3.97. The molecule has 0 fully saturated rings. The summed E-state index contributed by atoms with van der Waals surface area (Å²) in [6, 6.07) is 9.08. The molecule has 2 amide bonds. The van der Waals surface area contributed by atoms with Gasteiger partial charge in [-0.3, -0.25) is 19.0 Å². The van der Waals surface area contributed by atoms with E-state index in [-0.39, 0.29) is 23.3 Å². The molecular formula is C20H24N6O2. The van der Waals surface area contributed by atoms with Crippen LogP contribution < -0.4 is 10.6 Å². The van der Waals surface area contributed by atoms with Crippen molar-refractivity contribution in [3.63, 3.8) is 0 Å². The van der Waals surface area contributed by atoms with Crippen molar-refractivity contribution >= 4 is 17.3 Å². The second kappa shape index (κ2) is 9.09. The zero-order valence-corrected chi connectivity index (χ0v) is 16.1. The van der Waals surface area contributed by atoms with Crippen LogP contribution in [0.1, 0.15) is 33.1 Å². The Morgan fingerprint density at radius 1 is 1.11 bits per heavy atom. The number of hydrogen-bond acceptors (Lipinski definition) is 5. The monoisotopic (exact) mass is 380 g/mol. The summed E-state index contributed by atoms with van der Waals surface area (Å²) < 4.78 is 1.64. The van der Waals surface area contributed by atoms with Crippen molar-refractivity contribution in [1.29, 1.82) is 0 Å². The Balaban J connectivity index is 1.74. The number of pyridine rings is 2. The maximum Gasteiger partial charge on any atom is 0.287 e. The molecule has 0 radical (unpaired) electrons. The largest absolute Gasteiger partial charge is 0.349 e. The van der Waals surface area contributed by atoms with E-state index in [2.05, 4.69) is 25.5 Å². The first-order valence-electron chi connectivity index (χ1n) is 9.13. The van der Waals surface area contributed by atoms with Crippen LogP contribution in [0.2, 0.25) is 0 Å². The lowest BCUT2D eigenvalue weighted by Crippen LogP contribution is -2.29. The third-order valence-corrected chi connectivity index (χ3v) is 4.21. The predicted molar refractivity (Wildman–Crippen MR) is 106 cm³/mol. The third-order valence-electron chi connectivity index (χ3n) is 4.21. The highest BCUT2D eigenvalue weighted by molar-refractivity contribution is 6.02. The van der Waals surface area contributed by atoms with Crippen LogP contribution >= 0.6 is 0 Å². The van der Waals surface area contributed by atoms with Crippen molar-refractivity contribution in [2.45, 2.75) is 13.0 Å². The molecule has 0 unspecified atom stereocenters. The average molecular weight is 380 g/mol. The number of carbonyl (C=O) groups excluding carboxylic acids is 2. The molecule has 0 aliphatic heterocycles. The van der Waals surface area contributed by atoms with Gasteiger partial charge in [-0.25, -0.2) is 4.98 Å². The van der Waals surface area contributed by atoms with Crippen LogP contribution in [-0.4, -0.2) is 58.3 Å². The molecule has 0 aliphatic rings. The standard InChI is InChI=1S/C20H24N6O2/c1-25(2)11-6-10-22-20(28)18-24-17(16-8-3-4-12-26(16)18)19(27)23-14-15-7-5-9-21-13-15/h3-5,7-9,12-13H,6,10-11,14H2,1-2H3,(H,22,28)(H,23,27). The van der Waals surface area contributed by atoms with Crippen molar-refractivity contribution in [2.24, 2.45) is 0 Å².